The molecule has 1 amide bonds. The Balaban J connectivity index is 1.62. The smallest absolute Gasteiger partial charge is 0.261 e. The van der Waals surface area contributed by atoms with Crippen molar-refractivity contribution in [3.05, 3.63) is 71.5 Å². The predicted molar refractivity (Wildman–Crippen MR) is 117 cm³/mol. The second kappa shape index (κ2) is 9.13. The number of hydrogen-bond donors (Lipinski definition) is 1. The minimum absolute atomic E-state index is 0.0203. The number of nitrogen functional groups attached to an aromatic ring is 1. The number of hydrogen-bond acceptors (Lipinski definition) is 5. The molecular formula is C23H23ClN4O2. The number of aromatic nitrogens is 2. The molecule has 0 unspecified atom stereocenters. The van der Waals surface area contributed by atoms with Gasteiger partial charge >= 0.3 is 0 Å². The second-order valence-corrected chi connectivity index (χ2v) is 7.67. The number of para-hydroxylation sites is 1. The molecule has 0 saturated carbocycles. The number of likely N-dealkylation sites (tertiary alicyclic amines) is 1. The van der Waals surface area contributed by atoms with Crippen LogP contribution in [0.25, 0.3) is 11.1 Å². The normalized spacial score (nSPS) is 16.3. The van der Waals surface area contributed by atoms with Crippen LogP contribution in [0.4, 0.5) is 5.95 Å². The molecule has 1 atom stereocenters. The van der Waals surface area contributed by atoms with Gasteiger partial charge in [-0.25, -0.2) is 9.97 Å². The van der Waals surface area contributed by atoms with Gasteiger partial charge in [-0.3, -0.25) is 4.79 Å². The number of piperidine rings is 1. The van der Waals surface area contributed by atoms with Crippen LogP contribution in [-0.4, -0.2) is 33.9 Å². The van der Waals surface area contributed by atoms with E-state index in [-0.39, 0.29) is 24.5 Å². The number of carbonyl (C=O) groups is 1. The van der Waals surface area contributed by atoms with Gasteiger partial charge in [0.15, 0.2) is 6.61 Å². The average Bonchev–Trinajstić information content (AvgIpc) is 2.78. The first-order chi connectivity index (χ1) is 14.6. The average molecular weight is 423 g/mol. The Labute approximate surface area is 180 Å². The van der Waals surface area contributed by atoms with Crippen molar-refractivity contribution in [2.45, 2.75) is 25.3 Å². The van der Waals surface area contributed by atoms with E-state index >= 15 is 0 Å². The number of ether oxygens (including phenoxy) is 1. The Hall–Kier alpha value is -3.12. The van der Waals surface area contributed by atoms with Crippen LogP contribution in [0.5, 0.6) is 5.75 Å². The van der Waals surface area contributed by atoms with Crippen LogP contribution in [0.1, 0.15) is 31.0 Å². The van der Waals surface area contributed by atoms with Crippen molar-refractivity contribution < 1.29 is 9.53 Å². The lowest BCUT2D eigenvalue weighted by Gasteiger charge is -2.36. The summed E-state index contributed by atoms with van der Waals surface area (Å²) in [7, 11) is 0. The lowest BCUT2D eigenvalue weighted by atomic mass is 9.94. The SMILES string of the molecule is Nc1ncc(-c2cccc(Cl)c2)c([C@H]2CCCCN2C(=O)COc2ccccc2)n1. The molecule has 1 saturated heterocycles. The van der Waals surface area contributed by atoms with E-state index in [0.29, 0.717) is 17.3 Å². The number of rotatable bonds is 5. The van der Waals surface area contributed by atoms with E-state index in [0.717, 1.165) is 36.1 Å². The fourth-order valence-electron chi connectivity index (χ4n) is 3.80. The Bertz CT molecular complexity index is 1030. The molecule has 30 heavy (non-hydrogen) atoms. The summed E-state index contributed by atoms with van der Waals surface area (Å²) < 4.78 is 5.69. The molecule has 0 aliphatic carbocycles. The maximum absolute atomic E-state index is 13.0. The maximum atomic E-state index is 13.0. The van der Waals surface area contributed by atoms with Gasteiger partial charge in [0.05, 0.1) is 11.7 Å². The minimum Gasteiger partial charge on any atom is -0.484 e. The van der Waals surface area contributed by atoms with Crippen molar-refractivity contribution in [1.29, 1.82) is 0 Å². The highest BCUT2D eigenvalue weighted by molar-refractivity contribution is 6.30. The summed E-state index contributed by atoms with van der Waals surface area (Å²) in [5.74, 6) is 0.789. The lowest BCUT2D eigenvalue weighted by molar-refractivity contribution is -0.137. The van der Waals surface area contributed by atoms with Gasteiger partial charge in [-0.2, -0.15) is 0 Å². The molecular weight excluding hydrogens is 400 g/mol. The lowest BCUT2D eigenvalue weighted by Crippen LogP contribution is -2.41. The number of carbonyl (C=O) groups excluding carboxylic acids is 1. The summed E-state index contributed by atoms with van der Waals surface area (Å²) in [6.45, 7) is 0.633. The van der Waals surface area contributed by atoms with E-state index < -0.39 is 0 Å². The molecule has 2 aromatic carbocycles. The summed E-state index contributed by atoms with van der Waals surface area (Å²) in [6.07, 6.45) is 4.47. The van der Waals surface area contributed by atoms with Crippen LogP contribution >= 0.6 is 11.6 Å². The number of anilines is 1. The third-order valence-corrected chi connectivity index (χ3v) is 5.45. The monoisotopic (exact) mass is 422 g/mol. The van der Waals surface area contributed by atoms with E-state index in [2.05, 4.69) is 9.97 Å². The van der Waals surface area contributed by atoms with Gasteiger partial charge in [0.2, 0.25) is 5.95 Å². The molecule has 1 aromatic heterocycles. The van der Waals surface area contributed by atoms with E-state index in [9.17, 15) is 4.79 Å². The summed E-state index contributed by atoms with van der Waals surface area (Å²) >= 11 is 6.20. The third-order valence-electron chi connectivity index (χ3n) is 5.22. The van der Waals surface area contributed by atoms with Gasteiger partial charge < -0.3 is 15.4 Å². The number of benzene rings is 2. The second-order valence-electron chi connectivity index (χ2n) is 7.24. The number of amides is 1. The minimum atomic E-state index is -0.190. The molecule has 0 radical (unpaired) electrons. The first-order valence-corrected chi connectivity index (χ1v) is 10.4. The zero-order valence-corrected chi connectivity index (χ0v) is 17.3. The van der Waals surface area contributed by atoms with Crippen LogP contribution in [0.15, 0.2) is 60.8 Å². The van der Waals surface area contributed by atoms with E-state index in [1.165, 1.54) is 0 Å². The number of nitrogens with zero attached hydrogens (tertiary/aromatic N) is 3. The first kappa shape index (κ1) is 20.2. The summed E-state index contributed by atoms with van der Waals surface area (Å²) in [6, 6.07) is 16.7. The van der Waals surface area contributed by atoms with Gasteiger partial charge in [0.1, 0.15) is 5.75 Å². The molecule has 1 aliphatic rings. The van der Waals surface area contributed by atoms with Crippen LogP contribution < -0.4 is 10.5 Å². The van der Waals surface area contributed by atoms with Crippen LogP contribution in [0.3, 0.4) is 0 Å². The molecule has 1 fully saturated rings. The fraction of sp³-hybridized carbons (Fsp3) is 0.261. The van der Waals surface area contributed by atoms with E-state index in [1.807, 2.05) is 59.5 Å². The Morgan fingerprint density at radius 1 is 1.17 bits per heavy atom. The number of halogens is 1. The Morgan fingerprint density at radius 3 is 2.80 bits per heavy atom. The molecule has 7 heteroatoms. The van der Waals surface area contributed by atoms with Crippen molar-refractivity contribution in [3.8, 4) is 16.9 Å². The highest BCUT2D eigenvalue weighted by Crippen LogP contribution is 2.36. The summed E-state index contributed by atoms with van der Waals surface area (Å²) in [5.41, 5.74) is 8.40. The first-order valence-electron chi connectivity index (χ1n) is 9.97. The molecule has 154 valence electrons. The molecule has 4 rings (SSSR count). The van der Waals surface area contributed by atoms with Gasteiger partial charge in [-0.15, -0.1) is 0 Å². The predicted octanol–water partition coefficient (Wildman–Crippen LogP) is 4.51. The quantitative estimate of drug-likeness (QED) is 0.654. The zero-order chi connectivity index (χ0) is 20.9. The standard InChI is InChI=1S/C23H23ClN4O2/c24-17-8-6-7-16(13-17)19-14-26-23(25)27-22(19)20-11-4-5-12-28(20)21(29)15-30-18-9-2-1-3-10-18/h1-3,6-10,13-14,20H,4-5,11-12,15H2,(H2,25,26,27)/t20-/m1/s1. The number of nitrogens with two attached hydrogens (primary N) is 1. The molecule has 0 spiro atoms. The van der Waals surface area contributed by atoms with Crippen molar-refractivity contribution in [3.63, 3.8) is 0 Å². The molecule has 0 bridgehead atoms. The van der Waals surface area contributed by atoms with Gasteiger partial charge in [-0.05, 0) is 49.1 Å². The van der Waals surface area contributed by atoms with Gasteiger partial charge in [-0.1, -0.05) is 41.9 Å². The van der Waals surface area contributed by atoms with Crippen molar-refractivity contribution >= 4 is 23.5 Å². The van der Waals surface area contributed by atoms with E-state index in [1.54, 1.807) is 6.20 Å². The van der Waals surface area contributed by atoms with Crippen molar-refractivity contribution in [2.75, 3.05) is 18.9 Å². The van der Waals surface area contributed by atoms with Crippen LogP contribution in [-0.2, 0) is 4.79 Å². The molecule has 2 N–H and O–H groups in total. The molecule has 2 heterocycles. The van der Waals surface area contributed by atoms with Crippen molar-refractivity contribution in [2.24, 2.45) is 0 Å². The fourth-order valence-corrected chi connectivity index (χ4v) is 3.99. The third kappa shape index (κ3) is 4.54. The van der Waals surface area contributed by atoms with Crippen LogP contribution in [0.2, 0.25) is 5.02 Å². The topological polar surface area (TPSA) is 81.3 Å². The summed E-state index contributed by atoms with van der Waals surface area (Å²) in [5, 5.41) is 0.628. The van der Waals surface area contributed by atoms with Crippen LogP contribution in [0, 0.1) is 0 Å². The zero-order valence-electron chi connectivity index (χ0n) is 16.5. The summed E-state index contributed by atoms with van der Waals surface area (Å²) in [4.78, 5) is 23.6. The van der Waals surface area contributed by atoms with E-state index in [4.69, 9.17) is 22.1 Å². The molecule has 3 aromatic rings. The van der Waals surface area contributed by atoms with Gasteiger partial charge in [0.25, 0.3) is 5.91 Å². The Kier molecular flexibility index (Phi) is 6.14. The molecule has 1 aliphatic heterocycles. The largest absolute Gasteiger partial charge is 0.484 e. The van der Waals surface area contributed by atoms with Gasteiger partial charge in [0, 0.05) is 23.3 Å². The highest BCUT2D eigenvalue weighted by atomic mass is 35.5. The highest BCUT2D eigenvalue weighted by Gasteiger charge is 2.31. The maximum Gasteiger partial charge on any atom is 0.261 e. The Morgan fingerprint density at radius 2 is 2.00 bits per heavy atom. The van der Waals surface area contributed by atoms with Crippen molar-refractivity contribution in [1.82, 2.24) is 14.9 Å². The molecule has 6 nitrogen and oxygen atoms in total.